The third kappa shape index (κ3) is 1.50. The molecule has 84 valence electrons. The molecule has 0 bridgehead atoms. The van der Waals surface area contributed by atoms with Gasteiger partial charge in [-0.3, -0.25) is 9.78 Å². The minimum Gasteiger partial charge on any atom is -0.305 e. The first kappa shape index (κ1) is 9.98. The Kier molecular flexibility index (Phi) is 1.99. The number of aromatic amines is 2. The van der Waals surface area contributed by atoms with Crippen LogP contribution in [-0.2, 0) is 0 Å². The molecule has 6 nitrogen and oxygen atoms in total. The Morgan fingerprint density at radius 3 is 2.76 bits per heavy atom. The van der Waals surface area contributed by atoms with Crippen LogP contribution in [-0.4, -0.2) is 20.2 Å². The van der Waals surface area contributed by atoms with E-state index < -0.39 is 11.2 Å². The van der Waals surface area contributed by atoms with Crippen LogP contribution in [0.3, 0.4) is 0 Å². The summed E-state index contributed by atoms with van der Waals surface area (Å²) in [4.78, 5) is 27.4. The maximum Gasteiger partial charge on any atom is 0.326 e. The topological polar surface area (TPSA) is 91.5 Å². The molecule has 0 amide bonds. The fraction of sp³-hybridized carbons (Fsp3) is 0. The number of benzene rings is 1. The number of aromatic nitrogens is 4. The van der Waals surface area contributed by atoms with Crippen LogP contribution < -0.4 is 11.2 Å². The van der Waals surface area contributed by atoms with E-state index in [2.05, 4.69) is 20.2 Å². The highest BCUT2D eigenvalue weighted by Gasteiger charge is 2.08. The zero-order chi connectivity index (χ0) is 12.0. The highest BCUT2D eigenvalue weighted by atomic mass is 35.5. The van der Waals surface area contributed by atoms with Crippen molar-refractivity contribution in [1.29, 1.82) is 0 Å². The predicted molar refractivity (Wildman–Crippen MR) is 63.3 cm³/mol. The monoisotopic (exact) mass is 248 g/mol. The molecule has 3 aromatic rings. The quantitative estimate of drug-likeness (QED) is 0.576. The number of hydrogen-bond donors (Lipinski definition) is 2. The van der Waals surface area contributed by atoms with E-state index in [-0.39, 0.29) is 5.52 Å². The van der Waals surface area contributed by atoms with Gasteiger partial charge in [-0.15, -0.1) is 10.2 Å². The summed E-state index contributed by atoms with van der Waals surface area (Å²) in [6.07, 6.45) is 0. The van der Waals surface area contributed by atoms with E-state index in [1.165, 1.54) is 0 Å². The fourth-order valence-electron chi connectivity index (χ4n) is 1.67. The van der Waals surface area contributed by atoms with Crippen molar-refractivity contribution < 1.29 is 0 Å². The molecule has 0 aliphatic carbocycles. The minimum atomic E-state index is -0.586. The molecule has 0 aliphatic rings. The second-order valence-corrected chi connectivity index (χ2v) is 3.93. The number of nitrogens with zero attached hydrogens (tertiary/aromatic N) is 2. The summed E-state index contributed by atoms with van der Waals surface area (Å²) in [5.74, 6) is 0. The van der Waals surface area contributed by atoms with Crippen molar-refractivity contribution in [2.24, 2.45) is 0 Å². The average Bonchev–Trinajstić information content (AvgIpc) is 2.28. The van der Waals surface area contributed by atoms with Gasteiger partial charge < -0.3 is 4.98 Å². The van der Waals surface area contributed by atoms with Gasteiger partial charge in [-0.25, -0.2) is 4.79 Å². The molecule has 0 radical (unpaired) electrons. The van der Waals surface area contributed by atoms with Crippen LogP contribution in [0.4, 0.5) is 0 Å². The van der Waals surface area contributed by atoms with Gasteiger partial charge in [0.15, 0.2) is 5.52 Å². The van der Waals surface area contributed by atoms with E-state index in [9.17, 15) is 9.59 Å². The van der Waals surface area contributed by atoms with Crippen LogP contribution in [0, 0.1) is 0 Å². The highest BCUT2D eigenvalue weighted by Crippen LogP contribution is 2.21. The maximum atomic E-state index is 11.5. The van der Waals surface area contributed by atoms with Crippen molar-refractivity contribution in [3.8, 4) is 0 Å². The van der Waals surface area contributed by atoms with Crippen LogP contribution in [0.2, 0.25) is 5.02 Å². The molecular formula is C10H5ClN4O2. The van der Waals surface area contributed by atoms with Gasteiger partial charge >= 0.3 is 5.69 Å². The van der Waals surface area contributed by atoms with Gasteiger partial charge in [0.05, 0.1) is 11.0 Å². The average molecular weight is 249 g/mol. The molecule has 2 heterocycles. The van der Waals surface area contributed by atoms with Gasteiger partial charge in [0.2, 0.25) is 0 Å². The van der Waals surface area contributed by atoms with Gasteiger partial charge in [-0.1, -0.05) is 11.6 Å². The third-order valence-corrected chi connectivity index (χ3v) is 2.64. The Bertz CT molecular complexity index is 852. The first-order valence-corrected chi connectivity index (χ1v) is 5.11. The maximum absolute atomic E-state index is 11.5. The van der Waals surface area contributed by atoms with Crippen molar-refractivity contribution in [2.75, 3.05) is 0 Å². The summed E-state index contributed by atoms with van der Waals surface area (Å²) in [7, 11) is 0. The van der Waals surface area contributed by atoms with E-state index >= 15 is 0 Å². The van der Waals surface area contributed by atoms with E-state index in [0.717, 1.165) is 0 Å². The molecule has 2 aromatic heterocycles. The molecule has 2 N–H and O–H groups in total. The molecule has 0 atom stereocenters. The minimum absolute atomic E-state index is 0.0827. The van der Waals surface area contributed by atoms with Crippen LogP contribution >= 0.6 is 11.6 Å². The molecule has 0 saturated carbocycles. The Morgan fingerprint density at radius 1 is 1.12 bits per heavy atom. The summed E-state index contributed by atoms with van der Waals surface area (Å²) in [5.41, 5.74) is -0.177. The summed E-state index contributed by atoms with van der Waals surface area (Å²) in [6, 6.07) is 4.96. The lowest BCUT2D eigenvalue weighted by Gasteiger charge is -2.00. The van der Waals surface area contributed by atoms with Crippen molar-refractivity contribution in [1.82, 2.24) is 20.2 Å². The molecule has 0 spiro atoms. The van der Waals surface area contributed by atoms with Crippen LogP contribution in [0.5, 0.6) is 0 Å². The van der Waals surface area contributed by atoms with Gasteiger partial charge in [0, 0.05) is 10.4 Å². The highest BCUT2D eigenvalue weighted by molar-refractivity contribution is 6.31. The van der Waals surface area contributed by atoms with Crippen LogP contribution in [0.25, 0.3) is 21.9 Å². The lowest BCUT2D eigenvalue weighted by molar-refractivity contribution is 1.03. The van der Waals surface area contributed by atoms with Gasteiger partial charge in [0.25, 0.3) is 5.56 Å². The number of H-pyrrole nitrogens is 2. The Labute approximate surface area is 98.3 Å². The lowest BCUT2D eigenvalue weighted by Crippen LogP contribution is -2.23. The molecule has 17 heavy (non-hydrogen) atoms. The Hall–Kier alpha value is -2.21. The number of halogens is 1. The number of nitrogens with one attached hydrogen (secondary N) is 2. The molecular weight excluding hydrogens is 244 g/mol. The summed E-state index contributed by atoms with van der Waals surface area (Å²) >= 11 is 5.87. The second kappa shape index (κ2) is 3.39. The predicted octanol–water partition coefficient (Wildman–Crippen LogP) is 0.813. The van der Waals surface area contributed by atoms with Crippen LogP contribution in [0.1, 0.15) is 0 Å². The molecule has 0 saturated heterocycles. The van der Waals surface area contributed by atoms with Crippen LogP contribution in [0.15, 0.2) is 27.8 Å². The molecule has 0 unspecified atom stereocenters. The fourth-order valence-corrected chi connectivity index (χ4v) is 1.84. The number of hydrogen-bond acceptors (Lipinski definition) is 4. The third-order valence-electron chi connectivity index (χ3n) is 2.40. The Morgan fingerprint density at radius 2 is 1.94 bits per heavy atom. The molecule has 0 fully saturated rings. The van der Waals surface area contributed by atoms with Gasteiger partial charge in [0.1, 0.15) is 0 Å². The molecule has 3 rings (SSSR count). The molecule has 1 aromatic carbocycles. The largest absolute Gasteiger partial charge is 0.326 e. The summed E-state index contributed by atoms with van der Waals surface area (Å²) in [5, 5.41) is 8.75. The number of fused-ring (bicyclic) bond motifs is 3. The zero-order valence-electron chi connectivity index (χ0n) is 8.32. The van der Waals surface area contributed by atoms with E-state index in [0.29, 0.717) is 21.4 Å². The number of rotatable bonds is 0. The van der Waals surface area contributed by atoms with Crippen molar-refractivity contribution in [3.05, 3.63) is 44.1 Å². The normalized spacial score (nSPS) is 11.1. The van der Waals surface area contributed by atoms with E-state index in [1.807, 2.05) is 0 Å². The van der Waals surface area contributed by atoms with Crippen molar-refractivity contribution in [2.45, 2.75) is 0 Å². The zero-order valence-corrected chi connectivity index (χ0v) is 9.08. The first-order chi connectivity index (χ1) is 8.15. The lowest BCUT2D eigenvalue weighted by atomic mass is 10.2. The summed E-state index contributed by atoms with van der Waals surface area (Å²) in [6.45, 7) is 0. The van der Waals surface area contributed by atoms with E-state index in [1.54, 1.807) is 18.2 Å². The second-order valence-electron chi connectivity index (χ2n) is 3.49. The SMILES string of the molecule is O=c1[nH]c(=O)c2nnc3ccc(Cl)cc3c2[nH]1. The molecule has 0 aliphatic heterocycles. The summed E-state index contributed by atoms with van der Waals surface area (Å²) < 4.78 is 0. The van der Waals surface area contributed by atoms with Crippen molar-refractivity contribution in [3.63, 3.8) is 0 Å². The standard InChI is InChI=1S/C10H5ClN4O2/c11-4-1-2-6-5(3-4)7-8(15-14-6)9(16)13-10(17)12-7/h1-3H,(H2,12,13,16,17). The van der Waals surface area contributed by atoms with Crippen molar-refractivity contribution >= 4 is 33.5 Å². The molecule has 7 heteroatoms. The Balaban J connectivity index is 2.67. The smallest absolute Gasteiger partial charge is 0.305 e. The van der Waals surface area contributed by atoms with Gasteiger partial charge in [-0.05, 0) is 18.2 Å². The first-order valence-electron chi connectivity index (χ1n) is 4.73. The van der Waals surface area contributed by atoms with Gasteiger partial charge in [-0.2, -0.15) is 0 Å². The van der Waals surface area contributed by atoms with E-state index in [4.69, 9.17) is 11.6 Å².